The molecule has 7 heteroatoms. The predicted molar refractivity (Wildman–Crippen MR) is 158 cm³/mol. The summed E-state index contributed by atoms with van der Waals surface area (Å²) in [4.78, 5) is 28.6. The van der Waals surface area contributed by atoms with Crippen LogP contribution in [0.15, 0.2) is 78.4 Å². The second-order valence-corrected chi connectivity index (χ2v) is 10.7. The summed E-state index contributed by atoms with van der Waals surface area (Å²) >= 11 is 6.31. The molecule has 4 N–H and O–H groups in total. The van der Waals surface area contributed by atoms with Crippen molar-refractivity contribution >= 4 is 23.4 Å². The average molecular weight is 552 g/mol. The van der Waals surface area contributed by atoms with Gasteiger partial charge in [0.15, 0.2) is 0 Å². The molecular formula is C32H42ClN3O3. The van der Waals surface area contributed by atoms with Crippen molar-refractivity contribution in [3.05, 3.63) is 94.5 Å². The van der Waals surface area contributed by atoms with Gasteiger partial charge in [-0.1, -0.05) is 92.2 Å². The molecule has 1 aliphatic carbocycles. The molecule has 1 aliphatic rings. The van der Waals surface area contributed by atoms with E-state index >= 15 is 0 Å². The van der Waals surface area contributed by atoms with Gasteiger partial charge in [0.05, 0.1) is 11.5 Å². The minimum atomic E-state index is -1.11. The van der Waals surface area contributed by atoms with Crippen molar-refractivity contribution in [2.45, 2.75) is 52.1 Å². The van der Waals surface area contributed by atoms with E-state index in [1.807, 2.05) is 79.4 Å². The molecule has 0 heterocycles. The second-order valence-electron chi connectivity index (χ2n) is 10.3. The third kappa shape index (κ3) is 8.04. The Hall–Kier alpha value is -2.93. The lowest BCUT2D eigenvalue weighted by Crippen LogP contribution is -2.54. The molecule has 0 spiro atoms. The van der Waals surface area contributed by atoms with Crippen LogP contribution in [0.2, 0.25) is 5.02 Å². The number of nitrogens with one attached hydrogen (secondary N) is 1. The highest BCUT2D eigenvalue weighted by atomic mass is 35.5. The molecule has 39 heavy (non-hydrogen) atoms. The van der Waals surface area contributed by atoms with Crippen molar-refractivity contribution in [2.24, 2.45) is 17.1 Å². The average Bonchev–Trinajstić information content (AvgIpc) is 2.94. The number of amides is 2. The molecule has 1 unspecified atom stereocenters. The Balaban J connectivity index is 1.93. The molecule has 0 bridgehead atoms. The molecule has 6 nitrogen and oxygen atoms in total. The van der Waals surface area contributed by atoms with E-state index in [9.17, 15) is 14.7 Å². The van der Waals surface area contributed by atoms with E-state index in [0.29, 0.717) is 38.2 Å². The molecule has 2 aromatic carbocycles. The molecule has 0 aliphatic heterocycles. The molecule has 210 valence electrons. The first kappa shape index (κ1) is 30.6. The van der Waals surface area contributed by atoms with Gasteiger partial charge in [-0.2, -0.15) is 0 Å². The first-order chi connectivity index (χ1) is 18.8. The lowest BCUT2D eigenvalue weighted by atomic mass is 9.64. The zero-order valence-electron chi connectivity index (χ0n) is 23.1. The maximum absolute atomic E-state index is 14.4. The predicted octanol–water partition coefficient (Wildman–Crippen LogP) is 4.70. The monoisotopic (exact) mass is 551 g/mol. The van der Waals surface area contributed by atoms with Crippen molar-refractivity contribution in [3.63, 3.8) is 0 Å². The highest BCUT2D eigenvalue weighted by molar-refractivity contribution is 6.31. The summed E-state index contributed by atoms with van der Waals surface area (Å²) in [5.74, 6) is -1.10. The van der Waals surface area contributed by atoms with E-state index < -0.39 is 23.3 Å². The summed E-state index contributed by atoms with van der Waals surface area (Å²) in [6.45, 7) is 6.24. The van der Waals surface area contributed by atoms with Crippen LogP contribution >= 0.6 is 11.6 Å². The lowest BCUT2D eigenvalue weighted by Gasteiger charge is -2.44. The SMILES string of the molecule is CCCN(CCC)C(=O)C1([C@H](Cc2ccccc2)[C@@H](O)CNCCc2ccccc2Cl)C=CC=C(C(N)=O)C1. The van der Waals surface area contributed by atoms with Gasteiger partial charge < -0.3 is 21.1 Å². The minimum absolute atomic E-state index is 0.0645. The normalized spacial score (nSPS) is 18.3. The first-order valence-corrected chi connectivity index (χ1v) is 14.3. The van der Waals surface area contributed by atoms with Gasteiger partial charge in [-0.25, -0.2) is 0 Å². The molecule has 0 radical (unpaired) electrons. The first-order valence-electron chi connectivity index (χ1n) is 14.0. The summed E-state index contributed by atoms with van der Waals surface area (Å²) in [6, 6.07) is 17.6. The number of rotatable bonds is 15. The van der Waals surface area contributed by atoms with Crippen molar-refractivity contribution in [1.29, 1.82) is 0 Å². The molecule has 2 aromatic rings. The number of hydrogen-bond acceptors (Lipinski definition) is 4. The summed E-state index contributed by atoms with van der Waals surface area (Å²) in [7, 11) is 0. The maximum Gasteiger partial charge on any atom is 0.244 e. The Kier molecular flexibility index (Phi) is 11.8. The third-order valence-corrected chi connectivity index (χ3v) is 7.84. The van der Waals surface area contributed by atoms with Crippen LogP contribution in [-0.2, 0) is 22.4 Å². The second kappa shape index (κ2) is 15.0. The number of benzene rings is 2. The summed E-state index contributed by atoms with van der Waals surface area (Å²) < 4.78 is 0. The number of carbonyl (C=O) groups excluding carboxylic acids is 2. The number of halogens is 1. The van der Waals surface area contributed by atoms with Gasteiger partial charge in [0.25, 0.3) is 0 Å². The summed E-state index contributed by atoms with van der Waals surface area (Å²) in [6.07, 6.45) is 7.47. The van der Waals surface area contributed by atoms with Crippen LogP contribution in [-0.4, -0.2) is 54.1 Å². The number of carbonyl (C=O) groups is 2. The fraction of sp³-hybridized carbons (Fsp3) is 0.438. The van der Waals surface area contributed by atoms with Gasteiger partial charge >= 0.3 is 0 Å². The van der Waals surface area contributed by atoms with Crippen LogP contribution in [0.1, 0.15) is 44.2 Å². The van der Waals surface area contributed by atoms with Crippen molar-refractivity contribution in [2.75, 3.05) is 26.2 Å². The molecule has 0 fully saturated rings. The van der Waals surface area contributed by atoms with Gasteiger partial charge in [0.1, 0.15) is 0 Å². The topological polar surface area (TPSA) is 95.7 Å². The van der Waals surface area contributed by atoms with Crippen LogP contribution in [0.5, 0.6) is 0 Å². The van der Waals surface area contributed by atoms with Gasteiger partial charge in [-0.15, -0.1) is 0 Å². The van der Waals surface area contributed by atoms with Crippen molar-refractivity contribution < 1.29 is 14.7 Å². The molecule has 3 atom stereocenters. The van der Waals surface area contributed by atoms with Gasteiger partial charge in [0.2, 0.25) is 11.8 Å². The highest BCUT2D eigenvalue weighted by Gasteiger charge is 2.49. The van der Waals surface area contributed by atoms with E-state index in [4.69, 9.17) is 17.3 Å². The van der Waals surface area contributed by atoms with E-state index in [2.05, 4.69) is 5.32 Å². The van der Waals surface area contributed by atoms with E-state index in [0.717, 1.165) is 35.4 Å². The zero-order valence-corrected chi connectivity index (χ0v) is 23.9. The Labute approximate surface area is 237 Å². The van der Waals surface area contributed by atoms with Gasteiger partial charge in [-0.05, 0) is 55.8 Å². The van der Waals surface area contributed by atoms with Gasteiger partial charge in [-0.3, -0.25) is 9.59 Å². The Morgan fingerprint density at radius 3 is 2.38 bits per heavy atom. The van der Waals surface area contributed by atoms with Crippen LogP contribution in [0.3, 0.4) is 0 Å². The number of aliphatic hydroxyl groups is 1. The van der Waals surface area contributed by atoms with E-state index in [1.54, 1.807) is 12.2 Å². The summed E-state index contributed by atoms with van der Waals surface area (Å²) in [5.41, 5.74) is 7.07. The van der Waals surface area contributed by atoms with Crippen LogP contribution in [0, 0.1) is 11.3 Å². The van der Waals surface area contributed by atoms with E-state index in [-0.39, 0.29) is 12.3 Å². The van der Waals surface area contributed by atoms with Crippen molar-refractivity contribution in [3.8, 4) is 0 Å². The molecule has 0 aromatic heterocycles. The maximum atomic E-state index is 14.4. The minimum Gasteiger partial charge on any atom is -0.391 e. The fourth-order valence-electron chi connectivity index (χ4n) is 5.49. The number of nitrogens with two attached hydrogens (primary N) is 1. The number of aliphatic hydroxyl groups excluding tert-OH is 1. The van der Waals surface area contributed by atoms with Crippen LogP contribution in [0.4, 0.5) is 0 Å². The highest BCUT2D eigenvalue weighted by Crippen LogP contribution is 2.44. The third-order valence-electron chi connectivity index (χ3n) is 7.47. The standard InChI is InChI=1S/C32H42ClN3O3/c1-3-19-36(20-4-2)31(39)32(17-10-14-26(22-32)30(34)38)27(21-24-11-6-5-7-12-24)29(37)23-35-18-16-25-13-8-9-15-28(25)33/h5-15,17,27,29,35,37H,3-4,16,18-23H2,1-2H3,(H2,34,38)/t27-,29+,32?/m1/s1. The molecular weight excluding hydrogens is 510 g/mol. The van der Waals surface area contributed by atoms with E-state index in [1.165, 1.54) is 0 Å². The largest absolute Gasteiger partial charge is 0.391 e. The van der Waals surface area contributed by atoms with Crippen LogP contribution in [0.25, 0.3) is 0 Å². The molecule has 0 saturated heterocycles. The molecule has 0 saturated carbocycles. The summed E-state index contributed by atoms with van der Waals surface area (Å²) in [5, 5.41) is 15.8. The van der Waals surface area contributed by atoms with Crippen molar-refractivity contribution in [1.82, 2.24) is 10.2 Å². The number of nitrogens with zero attached hydrogens (tertiary/aromatic N) is 1. The van der Waals surface area contributed by atoms with Gasteiger partial charge in [0, 0.05) is 36.1 Å². The lowest BCUT2D eigenvalue weighted by molar-refractivity contribution is -0.145. The Morgan fingerprint density at radius 1 is 1.08 bits per heavy atom. The number of allylic oxidation sites excluding steroid dienone is 2. The smallest absolute Gasteiger partial charge is 0.244 e. The fourth-order valence-corrected chi connectivity index (χ4v) is 5.72. The Morgan fingerprint density at radius 2 is 1.74 bits per heavy atom. The Bertz CT molecular complexity index is 1140. The number of hydrogen-bond donors (Lipinski definition) is 3. The zero-order chi connectivity index (χ0) is 28.3. The molecule has 3 rings (SSSR count). The number of primary amides is 1. The molecule has 2 amide bonds. The van der Waals surface area contributed by atoms with Crippen LogP contribution < -0.4 is 11.1 Å². The quantitative estimate of drug-likeness (QED) is 0.280.